The van der Waals surface area contributed by atoms with Gasteiger partial charge in [0.25, 0.3) is 0 Å². The van der Waals surface area contributed by atoms with Crippen LogP contribution in [0.15, 0.2) is 375 Å². The standard InChI is InChI=1S/C29H19N2.C17H14N.C16H12N.C15H10N4.C15H10N.C9H16O2.3C5H8O2.3Ir.Pt/c1-19-18-30-28-24-14-12-22(20-8-4-2-5-9-20)16-26(24)27-17-23(21-10-6-3-7-11-21)13-15-25(27)29(28)31-19;1-12-9-13(2)11-15(10-12)17-8-7-14-5-3-4-6-16(14)18-17;1-3-7-14-12(5-1)9-10-17-11-13-6-2-4-8-15(13)16(14)17;1-2-6-12-11(5-1)9-10-16-15(12)19-17-13-7-3-4-8-14(13)18-19;1-2-7-13(8-3-1)15-14-9-5-4-6-12(14)10-11-16-15;1-6(2)8(10)5-9(11)7(3)4;3*1-4(6)3-5(2)7;;;;/h2-13,15-18H,1H3;3-10H,1-2H3;1-10H,11H2;1-10H;1-7,9-11H;5-7,10H,1-4H3;3*3,6H,1-2H3;;;;/q2*-1;+1;;-1;;;;;;;;. The van der Waals surface area contributed by atoms with Gasteiger partial charge in [-0.2, -0.15) is 4.57 Å². The van der Waals surface area contributed by atoms with Crippen LogP contribution in [0.2, 0.25) is 0 Å². The second-order valence-corrected chi connectivity index (χ2v) is 32.5. The minimum absolute atomic E-state index is 0. The van der Waals surface area contributed by atoms with Crippen LogP contribution in [0.1, 0.15) is 91.6 Å². The zero-order valence-corrected chi connectivity index (χ0v) is 87.6. The van der Waals surface area contributed by atoms with E-state index >= 15 is 0 Å². The molecule has 0 saturated carbocycles. The molecule has 0 fully saturated rings. The number of fused-ring (bicyclic) bond motifs is 15. The summed E-state index contributed by atoms with van der Waals surface area (Å²) in [4.78, 5) is 65.8. The molecule has 4 N–H and O–H groups in total. The number of nitrogens with zero attached hydrogens (tertiary/aromatic N) is 9. The fourth-order valence-electron chi connectivity index (χ4n) is 14.8. The normalized spacial score (nSPS) is 11.1. The van der Waals surface area contributed by atoms with Gasteiger partial charge in [-0.3, -0.25) is 29.1 Å². The zero-order valence-electron chi connectivity index (χ0n) is 78.1. The molecule has 1 aliphatic rings. The summed E-state index contributed by atoms with van der Waals surface area (Å²) in [6.45, 7) is 23.0. The van der Waals surface area contributed by atoms with Gasteiger partial charge in [-0.05, 0) is 146 Å². The van der Waals surface area contributed by atoms with Gasteiger partial charge >= 0.3 is 0 Å². The van der Waals surface area contributed by atoms with Crippen LogP contribution >= 0.6 is 0 Å². The van der Waals surface area contributed by atoms with Crippen LogP contribution in [0.3, 0.4) is 0 Å². The quantitative estimate of drug-likeness (QED) is 0.0309. The summed E-state index contributed by atoms with van der Waals surface area (Å²) < 4.78 is 2.34. The molecule has 21 heteroatoms. The largest absolute Gasteiger partial charge is 0.512 e. The molecule has 13 aromatic carbocycles. The maximum atomic E-state index is 11.0. The van der Waals surface area contributed by atoms with Crippen LogP contribution in [0.25, 0.3) is 149 Å². The Bertz CT molecular complexity index is 7380. The summed E-state index contributed by atoms with van der Waals surface area (Å²) in [7, 11) is 0. The number of hydrogen-bond acceptors (Lipinski definition) is 15. The first kappa shape index (κ1) is 109. The molecule has 1 aliphatic heterocycles. The number of aromatic nitrogens is 9. The average Bonchev–Trinajstić information content (AvgIpc) is 1.55. The number of carbonyl (C=O) groups is 4. The molecular formula is C116H105Ir3N9O8Pt-2. The molecule has 19 aromatic rings. The van der Waals surface area contributed by atoms with Crippen LogP contribution < -0.4 is 4.57 Å². The van der Waals surface area contributed by atoms with Crippen molar-refractivity contribution in [1.29, 1.82) is 0 Å². The fourth-order valence-corrected chi connectivity index (χ4v) is 14.8. The summed E-state index contributed by atoms with van der Waals surface area (Å²) in [6, 6.07) is 114. The molecule has 3 radical (unpaired) electrons. The summed E-state index contributed by atoms with van der Waals surface area (Å²) in [5, 5.41) is 56.1. The minimum Gasteiger partial charge on any atom is -0.512 e. The zero-order chi connectivity index (χ0) is 94.6. The second-order valence-electron chi connectivity index (χ2n) is 32.5. The SMILES string of the molecule is CC(=O)C=C(C)O.CC(=O)C=C(C)O.CC(=O)C=C(C)O.CC(C)C(=O)C=C(O)C(C)C.Cc1[c-]c(-c2ccc3ccccc3n2)cc(C)c1.Cc1cnc2c3[c-]cc(-c4ccccc4)cc3c3cc(-c4ccccc4)ccc3c2n1.[Ir].[Ir].[Ir].[Pt].[c-]1ccccc1-c1nccc2ccccc12.c1ccc2c(-n3nc4ccccc4n3)nccc2c1.c1ccc2c(c1)C[n+]1ccc3ccccc3c1-2. The van der Waals surface area contributed by atoms with E-state index in [1.54, 1.807) is 11.0 Å². The third-order valence-electron chi connectivity index (χ3n) is 20.9. The van der Waals surface area contributed by atoms with E-state index in [-0.39, 0.29) is 139 Å². The fraction of sp³-hybridized carbons (Fsp3) is 0.138. The molecule has 701 valence electrons. The van der Waals surface area contributed by atoms with Gasteiger partial charge in [-0.15, -0.1) is 109 Å². The van der Waals surface area contributed by atoms with Gasteiger partial charge in [0.1, 0.15) is 11.0 Å². The molecule has 0 amide bonds. The van der Waals surface area contributed by atoms with Gasteiger partial charge in [0.2, 0.25) is 5.69 Å². The third-order valence-corrected chi connectivity index (χ3v) is 20.9. The van der Waals surface area contributed by atoms with Gasteiger partial charge in [0, 0.05) is 159 Å². The van der Waals surface area contributed by atoms with Gasteiger partial charge in [0.05, 0.1) is 50.7 Å². The Morgan fingerprint density at radius 3 is 1.51 bits per heavy atom. The number of rotatable bonds is 11. The average molecular weight is 2520 g/mol. The maximum Gasteiger partial charge on any atom is 0.221 e. The van der Waals surface area contributed by atoms with E-state index in [1.165, 1.54) is 137 Å². The smallest absolute Gasteiger partial charge is 0.221 e. The van der Waals surface area contributed by atoms with Crippen molar-refractivity contribution in [2.24, 2.45) is 11.8 Å². The van der Waals surface area contributed by atoms with Crippen molar-refractivity contribution in [1.82, 2.24) is 39.9 Å². The van der Waals surface area contributed by atoms with Crippen molar-refractivity contribution < 1.29 is 126 Å². The predicted octanol–water partition coefficient (Wildman–Crippen LogP) is 26.9. The first-order chi connectivity index (χ1) is 64.1. The monoisotopic (exact) mass is 2530 g/mol. The molecule has 0 spiro atoms. The first-order valence-corrected chi connectivity index (χ1v) is 43.7. The molecule has 0 aliphatic carbocycles. The number of allylic oxidation sites excluding steroid dienone is 8. The van der Waals surface area contributed by atoms with Gasteiger partial charge in [0.15, 0.2) is 41.7 Å². The van der Waals surface area contributed by atoms with Crippen molar-refractivity contribution in [2.45, 2.75) is 96.6 Å². The molecule has 6 aromatic heterocycles. The molecule has 7 heterocycles. The summed E-state index contributed by atoms with van der Waals surface area (Å²) in [5.74, 6) is 0.732. The first-order valence-electron chi connectivity index (χ1n) is 43.7. The van der Waals surface area contributed by atoms with E-state index < -0.39 is 0 Å². The van der Waals surface area contributed by atoms with Crippen molar-refractivity contribution in [3.63, 3.8) is 0 Å². The molecule has 0 unspecified atom stereocenters. The van der Waals surface area contributed by atoms with Crippen LogP contribution in [0.5, 0.6) is 0 Å². The maximum absolute atomic E-state index is 11.0. The molecule has 17 nitrogen and oxygen atoms in total. The van der Waals surface area contributed by atoms with E-state index in [0.717, 1.165) is 106 Å². The third kappa shape index (κ3) is 30.4. The topological polar surface area (TPSA) is 248 Å². The Hall–Kier alpha value is -13.8. The molecule has 0 atom stereocenters. The second kappa shape index (κ2) is 52.9. The van der Waals surface area contributed by atoms with Crippen LogP contribution in [0, 0.1) is 50.8 Å². The molecule has 0 bridgehead atoms. The van der Waals surface area contributed by atoms with Crippen molar-refractivity contribution in [3.05, 3.63) is 416 Å². The number of carbonyl (C=O) groups excluding carboxylic acids is 4. The minimum atomic E-state index is -0.125. The van der Waals surface area contributed by atoms with Gasteiger partial charge in [-0.25, -0.2) is 4.98 Å². The Kier molecular flexibility index (Phi) is 41.9. The summed E-state index contributed by atoms with van der Waals surface area (Å²) in [5.41, 5.74) is 20.9. The number of aliphatic hydroxyl groups excluding tert-OH is 4. The number of para-hydroxylation sites is 1. The van der Waals surface area contributed by atoms with E-state index in [0.29, 0.717) is 0 Å². The van der Waals surface area contributed by atoms with Crippen LogP contribution in [-0.4, -0.2) is 83.5 Å². The van der Waals surface area contributed by atoms with Crippen LogP contribution in [0.4, 0.5) is 0 Å². The van der Waals surface area contributed by atoms with Crippen molar-refractivity contribution >= 4 is 110 Å². The summed E-state index contributed by atoms with van der Waals surface area (Å²) >= 11 is 0. The van der Waals surface area contributed by atoms with E-state index in [1.807, 2.05) is 168 Å². The van der Waals surface area contributed by atoms with Gasteiger partial charge < -0.3 is 30.4 Å². The van der Waals surface area contributed by atoms with Gasteiger partial charge in [-0.1, -0.05) is 270 Å². The number of pyridine rings is 4. The molecule has 137 heavy (non-hydrogen) atoms. The van der Waals surface area contributed by atoms with Crippen molar-refractivity contribution in [3.8, 4) is 61.8 Å². The Morgan fingerprint density at radius 1 is 0.423 bits per heavy atom. The summed E-state index contributed by atoms with van der Waals surface area (Å²) in [6.07, 6.45) is 12.5. The predicted molar refractivity (Wildman–Crippen MR) is 540 cm³/mol. The Labute approximate surface area is 854 Å². The van der Waals surface area contributed by atoms with Crippen LogP contribution in [-0.2, 0) is 107 Å². The number of aliphatic hydroxyl groups is 4. The Morgan fingerprint density at radius 2 is 0.942 bits per heavy atom. The number of ketones is 4. The molecular weight excluding hydrogens is 2420 g/mol. The molecule has 20 rings (SSSR count). The number of aryl methyl sites for hydroxylation is 3. The van der Waals surface area contributed by atoms with E-state index in [9.17, 15) is 24.3 Å². The Balaban J connectivity index is 0.000000196. The van der Waals surface area contributed by atoms with E-state index in [4.69, 9.17) is 30.3 Å². The number of benzene rings is 13. The molecule has 0 saturated heterocycles. The van der Waals surface area contributed by atoms with E-state index in [2.05, 4.69) is 245 Å². The van der Waals surface area contributed by atoms with Crippen molar-refractivity contribution in [2.75, 3.05) is 0 Å². The number of hydrogen-bond donors (Lipinski definition) is 4.